The van der Waals surface area contributed by atoms with Crippen molar-refractivity contribution in [3.63, 3.8) is 0 Å². The average Bonchev–Trinajstić information content (AvgIpc) is 3.16. The number of likely N-dealkylation sites (tertiary alicyclic amines) is 1. The van der Waals surface area contributed by atoms with Crippen LogP contribution in [0.2, 0.25) is 0 Å². The van der Waals surface area contributed by atoms with Gasteiger partial charge >= 0.3 is 11.9 Å². The molecule has 1 aromatic carbocycles. The van der Waals surface area contributed by atoms with E-state index in [1.807, 2.05) is 18.2 Å². The van der Waals surface area contributed by atoms with E-state index in [2.05, 4.69) is 21.2 Å². The van der Waals surface area contributed by atoms with Gasteiger partial charge < -0.3 is 25.2 Å². The topological polar surface area (TPSA) is 119 Å². The van der Waals surface area contributed by atoms with E-state index in [4.69, 9.17) is 24.5 Å². The van der Waals surface area contributed by atoms with E-state index < -0.39 is 11.9 Å². The molecule has 0 bridgehead atoms. The largest absolute Gasteiger partial charge is 0.473 e. The maximum absolute atomic E-state index is 12.2. The number of nitrogens with one attached hydrogen (secondary N) is 1. The van der Waals surface area contributed by atoms with Crippen molar-refractivity contribution in [3.05, 3.63) is 24.3 Å². The number of hydrogen-bond acceptors (Lipinski definition) is 6. The minimum atomic E-state index is -1.82. The molecular formula is C18H25N3O6. The number of rotatable bonds is 4. The summed E-state index contributed by atoms with van der Waals surface area (Å²) in [6, 6.07) is 8.03. The Morgan fingerprint density at radius 3 is 2.15 bits per heavy atom. The number of carboxylic acid groups (broad SMARTS) is 2. The fourth-order valence-electron chi connectivity index (χ4n) is 2.99. The standard InChI is InChI=1S/C16H23N3O2.C2H2O4/c20-16(13-18-7-3-4-8-18)17-14-5-1-2-6-15(14)19-9-11-21-12-10-19;3-1(4)2(5)6/h1-2,5-6H,3-4,7-13H2,(H,17,20);(H,3,4)(H,5,6). The van der Waals surface area contributed by atoms with Crippen molar-refractivity contribution in [2.75, 3.05) is 56.2 Å². The Morgan fingerprint density at radius 1 is 0.963 bits per heavy atom. The maximum atomic E-state index is 12.2. The third-order valence-corrected chi connectivity index (χ3v) is 4.28. The van der Waals surface area contributed by atoms with E-state index in [0.29, 0.717) is 6.54 Å². The van der Waals surface area contributed by atoms with E-state index in [-0.39, 0.29) is 5.91 Å². The number of ether oxygens (including phenoxy) is 1. The Balaban J connectivity index is 0.000000380. The Bertz CT molecular complexity index is 642. The van der Waals surface area contributed by atoms with E-state index >= 15 is 0 Å². The van der Waals surface area contributed by atoms with Gasteiger partial charge in [0.05, 0.1) is 31.1 Å². The summed E-state index contributed by atoms with van der Waals surface area (Å²) in [5, 5.41) is 17.9. The lowest BCUT2D eigenvalue weighted by Gasteiger charge is -2.30. The van der Waals surface area contributed by atoms with Gasteiger partial charge in [0.15, 0.2) is 0 Å². The van der Waals surface area contributed by atoms with Crippen LogP contribution in [0.1, 0.15) is 12.8 Å². The van der Waals surface area contributed by atoms with Crippen molar-refractivity contribution in [2.45, 2.75) is 12.8 Å². The lowest BCUT2D eigenvalue weighted by Crippen LogP contribution is -2.37. The van der Waals surface area contributed by atoms with Gasteiger partial charge in [0, 0.05) is 13.1 Å². The number of nitrogens with zero attached hydrogens (tertiary/aromatic N) is 2. The first-order valence-electron chi connectivity index (χ1n) is 8.87. The summed E-state index contributed by atoms with van der Waals surface area (Å²) in [6.07, 6.45) is 2.41. The quantitative estimate of drug-likeness (QED) is 0.655. The van der Waals surface area contributed by atoms with Crippen LogP contribution in [0, 0.1) is 0 Å². The molecule has 0 atom stereocenters. The van der Waals surface area contributed by atoms with Gasteiger partial charge in [-0.05, 0) is 38.1 Å². The number of para-hydroxylation sites is 2. The Morgan fingerprint density at radius 2 is 1.56 bits per heavy atom. The molecule has 148 valence electrons. The van der Waals surface area contributed by atoms with Crippen LogP contribution >= 0.6 is 0 Å². The molecule has 0 saturated carbocycles. The van der Waals surface area contributed by atoms with Gasteiger partial charge in [0.1, 0.15) is 0 Å². The molecule has 0 unspecified atom stereocenters. The Hall–Kier alpha value is -2.65. The van der Waals surface area contributed by atoms with Gasteiger partial charge in [0.2, 0.25) is 5.91 Å². The zero-order chi connectivity index (χ0) is 19.6. The van der Waals surface area contributed by atoms with Crippen LogP contribution < -0.4 is 10.2 Å². The molecular weight excluding hydrogens is 354 g/mol. The van der Waals surface area contributed by atoms with Gasteiger partial charge in [0.25, 0.3) is 0 Å². The Labute approximate surface area is 157 Å². The molecule has 1 aromatic rings. The summed E-state index contributed by atoms with van der Waals surface area (Å²) >= 11 is 0. The van der Waals surface area contributed by atoms with Crippen LogP contribution in [0.15, 0.2) is 24.3 Å². The van der Waals surface area contributed by atoms with Gasteiger partial charge in [-0.15, -0.1) is 0 Å². The fraction of sp³-hybridized carbons (Fsp3) is 0.500. The molecule has 2 aliphatic heterocycles. The summed E-state index contributed by atoms with van der Waals surface area (Å²) in [5.41, 5.74) is 2.00. The second-order valence-electron chi connectivity index (χ2n) is 6.26. The van der Waals surface area contributed by atoms with Crippen molar-refractivity contribution in [2.24, 2.45) is 0 Å². The molecule has 3 N–H and O–H groups in total. The summed E-state index contributed by atoms with van der Waals surface area (Å²) in [5.74, 6) is -3.57. The first-order valence-corrected chi connectivity index (χ1v) is 8.87. The number of aliphatic carboxylic acids is 2. The second-order valence-corrected chi connectivity index (χ2v) is 6.26. The third-order valence-electron chi connectivity index (χ3n) is 4.28. The van der Waals surface area contributed by atoms with Crippen molar-refractivity contribution in [1.29, 1.82) is 0 Å². The first kappa shape index (κ1) is 20.7. The van der Waals surface area contributed by atoms with E-state index in [0.717, 1.165) is 50.8 Å². The number of carbonyl (C=O) groups excluding carboxylic acids is 1. The Kier molecular flexibility index (Phi) is 8.02. The number of anilines is 2. The number of benzene rings is 1. The molecule has 0 spiro atoms. The van der Waals surface area contributed by atoms with Crippen LogP contribution in [-0.2, 0) is 19.1 Å². The highest BCUT2D eigenvalue weighted by Gasteiger charge is 2.18. The maximum Gasteiger partial charge on any atom is 0.414 e. The molecule has 9 heteroatoms. The molecule has 2 fully saturated rings. The minimum Gasteiger partial charge on any atom is -0.473 e. The molecule has 2 heterocycles. The zero-order valence-corrected chi connectivity index (χ0v) is 15.1. The first-order chi connectivity index (χ1) is 13.0. The zero-order valence-electron chi connectivity index (χ0n) is 15.1. The summed E-state index contributed by atoms with van der Waals surface area (Å²) in [7, 11) is 0. The van der Waals surface area contributed by atoms with Crippen molar-refractivity contribution in [3.8, 4) is 0 Å². The monoisotopic (exact) mass is 379 g/mol. The predicted molar refractivity (Wildman–Crippen MR) is 99.0 cm³/mol. The van der Waals surface area contributed by atoms with Crippen LogP contribution in [0.25, 0.3) is 0 Å². The highest BCUT2D eigenvalue weighted by atomic mass is 16.5. The lowest BCUT2D eigenvalue weighted by atomic mass is 10.2. The van der Waals surface area contributed by atoms with E-state index in [9.17, 15) is 4.79 Å². The molecule has 0 radical (unpaired) electrons. The molecule has 27 heavy (non-hydrogen) atoms. The minimum absolute atomic E-state index is 0.0811. The molecule has 2 saturated heterocycles. The number of carbonyl (C=O) groups is 3. The van der Waals surface area contributed by atoms with Crippen molar-refractivity contribution in [1.82, 2.24) is 4.90 Å². The van der Waals surface area contributed by atoms with Crippen molar-refractivity contribution < 1.29 is 29.3 Å². The predicted octanol–water partition coefficient (Wildman–Crippen LogP) is 0.713. The van der Waals surface area contributed by atoms with E-state index in [1.165, 1.54) is 12.8 Å². The molecule has 0 aliphatic carbocycles. The third kappa shape index (κ3) is 6.87. The van der Waals surface area contributed by atoms with Crippen LogP contribution in [0.3, 0.4) is 0 Å². The number of amides is 1. The number of hydrogen-bond donors (Lipinski definition) is 3. The van der Waals surface area contributed by atoms with Crippen molar-refractivity contribution >= 4 is 29.2 Å². The van der Waals surface area contributed by atoms with Gasteiger partial charge in [-0.2, -0.15) is 0 Å². The highest BCUT2D eigenvalue weighted by molar-refractivity contribution is 6.27. The lowest BCUT2D eigenvalue weighted by molar-refractivity contribution is -0.159. The average molecular weight is 379 g/mol. The van der Waals surface area contributed by atoms with E-state index in [1.54, 1.807) is 0 Å². The summed E-state index contributed by atoms with van der Waals surface area (Å²) in [4.78, 5) is 34.9. The molecule has 0 aromatic heterocycles. The smallest absolute Gasteiger partial charge is 0.414 e. The highest BCUT2D eigenvalue weighted by Crippen LogP contribution is 2.26. The molecule has 2 aliphatic rings. The van der Waals surface area contributed by atoms with Gasteiger partial charge in [-0.25, -0.2) is 9.59 Å². The van der Waals surface area contributed by atoms with Crippen LogP contribution in [0.4, 0.5) is 11.4 Å². The fourth-order valence-corrected chi connectivity index (χ4v) is 2.99. The summed E-state index contributed by atoms with van der Waals surface area (Å²) in [6.45, 7) is 5.82. The molecule has 1 amide bonds. The normalized spacial score (nSPS) is 17.0. The van der Waals surface area contributed by atoms with Crippen LogP contribution in [0.5, 0.6) is 0 Å². The van der Waals surface area contributed by atoms with Gasteiger partial charge in [-0.1, -0.05) is 12.1 Å². The number of morpholine rings is 1. The van der Waals surface area contributed by atoms with Gasteiger partial charge in [-0.3, -0.25) is 9.69 Å². The number of carboxylic acids is 2. The molecule has 9 nitrogen and oxygen atoms in total. The van der Waals surface area contributed by atoms with Crippen LogP contribution in [-0.4, -0.2) is 78.9 Å². The summed E-state index contributed by atoms with van der Waals surface area (Å²) < 4.78 is 5.40. The molecule has 3 rings (SSSR count). The second kappa shape index (κ2) is 10.5. The SMILES string of the molecule is O=C(CN1CCCC1)Nc1ccccc1N1CCOCC1.O=C(O)C(=O)O.